The van der Waals surface area contributed by atoms with Gasteiger partial charge in [0.25, 0.3) is 10.0 Å². The molecule has 0 radical (unpaired) electrons. The Morgan fingerprint density at radius 1 is 1.04 bits per heavy atom. The summed E-state index contributed by atoms with van der Waals surface area (Å²) < 4.78 is 27.4. The standard InChI is InChI=1S/C17H14N2O3S/c1-12(20)13-6-4-7-16(10-13)23(21,22)19-15-9-14-5-2-3-8-17(14)18-11-15/h2-11,19H,1H3. The molecule has 1 aromatic heterocycles. The number of Topliss-reactive ketones (excluding diaryl/α,β-unsaturated/α-hetero) is 1. The van der Waals surface area contributed by atoms with E-state index in [9.17, 15) is 13.2 Å². The Morgan fingerprint density at radius 3 is 2.61 bits per heavy atom. The first-order chi connectivity index (χ1) is 11.0. The number of pyridine rings is 1. The van der Waals surface area contributed by atoms with Gasteiger partial charge in [-0.05, 0) is 31.2 Å². The van der Waals surface area contributed by atoms with Crippen molar-refractivity contribution in [3.63, 3.8) is 0 Å². The summed E-state index contributed by atoms with van der Waals surface area (Å²) in [5, 5.41) is 0.838. The summed E-state index contributed by atoms with van der Waals surface area (Å²) in [5.74, 6) is -0.186. The highest BCUT2D eigenvalue weighted by Crippen LogP contribution is 2.20. The number of anilines is 1. The van der Waals surface area contributed by atoms with Gasteiger partial charge in [0.1, 0.15) is 0 Å². The molecule has 5 nitrogen and oxygen atoms in total. The molecule has 0 amide bonds. The summed E-state index contributed by atoms with van der Waals surface area (Å²) in [6, 6.07) is 15.1. The maximum Gasteiger partial charge on any atom is 0.261 e. The lowest BCUT2D eigenvalue weighted by Gasteiger charge is -2.09. The van der Waals surface area contributed by atoms with E-state index in [1.807, 2.05) is 24.3 Å². The van der Waals surface area contributed by atoms with E-state index >= 15 is 0 Å². The molecule has 0 spiro atoms. The number of fused-ring (bicyclic) bond motifs is 1. The highest BCUT2D eigenvalue weighted by atomic mass is 32.2. The number of ketones is 1. The number of benzene rings is 2. The number of sulfonamides is 1. The quantitative estimate of drug-likeness (QED) is 0.747. The largest absolute Gasteiger partial charge is 0.295 e. The van der Waals surface area contributed by atoms with Gasteiger partial charge < -0.3 is 0 Å². The smallest absolute Gasteiger partial charge is 0.261 e. The molecular formula is C17H14N2O3S. The molecule has 6 heteroatoms. The van der Waals surface area contributed by atoms with Crippen LogP contribution in [0.25, 0.3) is 10.9 Å². The molecule has 0 saturated heterocycles. The van der Waals surface area contributed by atoms with Crippen molar-refractivity contribution in [1.29, 1.82) is 0 Å². The van der Waals surface area contributed by atoms with E-state index in [0.29, 0.717) is 11.3 Å². The topological polar surface area (TPSA) is 76.1 Å². The van der Waals surface area contributed by atoms with E-state index in [2.05, 4.69) is 9.71 Å². The van der Waals surface area contributed by atoms with Crippen LogP contribution in [0.15, 0.2) is 65.7 Å². The molecule has 1 heterocycles. The number of carbonyl (C=O) groups excluding carboxylic acids is 1. The van der Waals surface area contributed by atoms with Crippen LogP contribution in [0, 0.1) is 0 Å². The van der Waals surface area contributed by atoms with Gasteiger partial charge in [-0.3, -0.25) is 14.5 Å². The number of carbonyl (C=O) groups is 1. The van der Waals surface area contributed by atoms with Crippen molar-refractivity contribution < 1.29 is 13.2 Å². The summed E-state index contributed by atoms with van der Waals surface area (Å²) >= 11 is 0. The molecule has 0 fully saturated rings. The molecule has 2 aromatic carbocycles. The van der Waals surface area contributed by atoms with Crippen molar-refractivity contribution in [2.24, 2.45) is 0 Å². The van der Waals surface area contributed by atoms with Crippen LogP contribution in [0.5, 0.6) is 0 Å². The zero-order valence-corrected chi connectivity index (χ0v) is 13.2. The Kier molecular flexibility index (Phi) is 3.83. The molecule has 3 rings (SSSR count). The number of hydrogen-bond donors (Lipinski definition) is 1. The minimum Gasteiger partial charge on any atom is -0.295 e. The Bertz CT molecular complexity index is 997. The molecule has 0 aliphatic heterocycles. The molecule has 0 aliphatic rings. The zero-order valence-electron chi connectivity index (χ0n) is 12.4. The fraction of sp³-hybridized carbons (Fsp3) is 0.0588. The molecule has 0 atom stereocenters. The van der Waals surface area contributed by atoms with Gasteiger partial charge in [0.05, 0.1) is 22.3 Å². The van der Waals surface area contributed by atoms with Crippen molar-refractivity contribution in [2.75, 3.05) is 4.72 Å². The summed E-state index contributed by atoms with van der Waals surface area (Å²) in [7, 11) is -3.78. The van der Waals surface area contributed by atoms with Crippen LogP contribution < -0.4 is 4.72 Å². The number of para-hydroxylation sites is 1. The van der Waals surface area contributed by atoms with Crippen LogP contribution in [-0.2, 0) is 10.0 Å². The molecule has 116 valence electrons. The Hall–Kier alpha value is -2.73. The highest BCUT2D eigenvalue weighted by Gasteiger charge is 2.16. The predicted octanol–water partition coefficient (Wildman–Crippen LogP) is 3.24. The third-order valence-corrected chi connectivity index (χ3v) is 4.77. The molecular weight excluding hydrogens is 312 g/mol. The normalized spacial score (nSPS) is 11.3. The first-order valence-electron chi connectivity index (χ1n) is 6.94. The summed E-state index contributed by atoms with van der Waals surface area (Å²) in [5.41, 5.74) is 1.51. The minimum atomic E-state index is -3.78. The van der Waals surface area contributed by atoms with Crippen LogP contribution in [0.2, 0.25) is 0 Å². The van der Waals surface area contributed by atoms with E-state index in [1.165, 1.54) is 25.3 Å². The lowest BCUT2D eigenvalue weighted by atomic mass is 10.2. The average Bonchev–Trinajstić information content (AvgIpc) is 2.54. The second-order valence-electron chi connectivity index (χ2n) is 5.11. The molecule has 1 N–H and O–H groups in total. The van der Waals surface area contributed by atoms with Crippen molar-refractivity contribution in [2.45, 2.75) is 11.8 Å². The SMILES string of the molecule is CC(=O)c1cccc(S(=O)(=O)Nc2cnc3ccccc3c2)c1. The average molecular weight is 326 g/mol. The summed E-state index contributed by atoms with van der Waals surface area (Å²) in [4.78, 5) is 15.7. The fourth-order valence-electron chi connectivity index (χ4n) is 2.22. The minimum absolute atomic E-state index is 0.0401. The molecule has 3 aromatic rings. The number of aromatic nitrogens is 1. The lowest BCUT2D eigenvalue weighted by Crippen LogP contribution is -2.13. The molecule has 23 heavy (non-hydrogen) atoms. The van der Waals surface area contributed by atoms with Crippen LogP contribution >= 0.6 is 0 Å². The number of nitrogens with one attached hydrogen (secondary N) is 1. The highest BCUT2D eigenvalue weighted by molar-refractivity contribution is 7.92. The van der Waals surface area contributed by atoms with Gasteiger partial charge in [-0.15, -0.1) is 0 Å². The Morgan fingerprint density at radius 2 is 1.83 bits per heavy atom. The van der Waals surface area contributed by atoms with E-state index in [-0.39, 0.29) is 10.7 Å². The van der Waals surface area contributed by atoms with Crippen LogP contribution in [0.3, 0.4) is 0 Å². The van der Waals surface area contributed by atoms with E-state index in [4.69, 9.17) is 0 Å². The molecule has 0 aliphatic carbocycles. The van der Waals surface area contributed by atoms with Crippen LogP contribution in [0.1, 0.15) is 17.3 Å². The third kappa shape index (κ3) is 3.22. The van der Waals surface area contributed by atoms with Crippen molar-refractivity contribution >= 4 is 32.4 Å². The van der Waals surface area contributed by atoms with Crippen molar-refractivity contribution in [1.82, 2.24) is 4.98 Å². The molecule has 0 saturated carbocycles. The second kappa shape index (κ2) is 5.81. The molecule has 0 bridgehead atoms. The number of hydrogen-bond acceptors (Lipinski definition) is 4. The van der Waals surface area contributed by atoms with E-state index < -0.39 is 10.0 Å². The van der Waals surface area contributed by atoms with Gasteiger partial charge >= 0.3 is 0 Å². The van der Waals surface area contributed by atoms with E-state index in [0.717, 1.165) is 10.9 Å². The van der Waals surface area contributed by atoms with Crippen molar-refractivity contribution in [3.05, 3.63) is 66.4 Å². The number of nitrogens with zero attached hydrogens (tertiary/aromatic N) is 1. The van der Waals surface area contributed by atoms with Gasteiger partial charge in [-0.1, -0.05) is 30.3 Å². The predicted molar refractivity (Wildman–Crippen MR) is 89.0 cm³/mol. The molecule has 0 unspecified atom stereocenters. The Labute approximate surface area is 134 Å². The van der Waals surface area contributed by atoms with Gasteiger partial charge in [0, 0.05) is 10.9 Å². The number of rotatable bonds is 4. The Balaban J connectivity index is 1.96. The van der Waals surface area contributed by atoms with Crippen LogP contribution in [0.4, 0.5) is 5.69 Å². The van der Waals surface area contributed by atoms with E-state index in [1.54, 1.807) is 18.2 Å². The van der Waals surface area contributed by atoms with Gasteiger partial charge in [-0.25, -0.2) is 8.42 Å². The second-order valence-corrected chi connectivity index (χ2v) is 6.79. The fourth-order valence-corrected chi connectivity index (χ4v) is 3.30. The maximum atomic E-state index is 12.5. The van der Waals surface area contributed by atoms with Gasteiger partial charge in [0.15, 0.2) is 5.78 Å². The van der Waals surface area contributed by atoms with Gasteiger partial charge in [0.2, 0.25) is 0 Å². The maximum absolute atomic E-state index is 12.5. The lowest BCUT2D eigenvalue weighted by molar-refractivity contribution is 0.101. The first kappa shape index (κ1) is 15.2. The first-order valence-corrected chi connectivity index (χ1v) is 8.43. The zero-order chi connectivity index (χ0) is 16.4. The van der Waals surface area contributed by atoms with Crippen molar-refractivity contribution in [3.8, 4) is 0 Å². The summed E-state index contributed by atoms with van der Waals surface area (Å²) in [6.45, 7) is 1.40. The van der Waals surface area contributed by atoms with Gasteiger partial charge in [-0.2, -0.15) is 0 Å². The monoisotopic (exact) mass is 326 g/mol. The van der Waals surface area contributed by atoms with Crippen LogP contribution in [-0.4, -0.2) is 19.2 Å². The third-order valence-electron chi connectivity index (χ3n) is 3.39. The summed E-state index contributed by atoms with van der Waals surface area (Å²) in [6.07, 6.45) is 1.47.